The van der Waals surface area contributed by atoms with E-state index in [4.69, 9.17) is 4.74 Å². The lowest BCUT2D eigenvalue weighted by Crippen LogP contribution is -2.36. The molecule has 0 bridgehead atoms. The molecule has 0 saturated heterocycles. The molecule has 0 aliphatic heterocycles. The molecule has 1 heterocycles. The SMILES string of the molecule is CCn1c(N(CCO)C(=O)OCc2ccccc2)nc2ccccc21. The zero-order chi connectivity index (χ0) is 17.6. The quantitative estimate of drug-likeness (QED) is 0.749. The van der Waals surface area contributed by atoms with E-state index < -0.39 is 6.09 Å². The number of para-hydroxylation sites is 2. The highest BCUT2D eigenvalue weighted by atomic mass is 16.6. The maximum atomic E-state index is 12.6. The highest BCUT2D eigenvalue weighted by Gasteiger charge is 2.23. The maximum Gasteiger partial charge on any atom is 0.417 e. The van der Waals surface area contributed by atoms with Crippen LogP contribution in [0.25, 0.3) is 11.0 Å². The van der Waals surface area contributed by atoms with Gasteiger partial charge < -0.3 is 14.4 Å². The molecule has 3 rings (SSSR count). The summed E-state index contributed by atoms with van der Waals surface area (Å²) in [7, 11) is 0. The van der Waals surface area contributed by atoms with E-state index in [9.17, 15) is 9.90 Å². The molecule has 1 amide bonds. The van der Waals surface area contributed by atoms with Gasteiger partial charge in [0, 0.05) is 6.54 Å². The lowest BCUT2D eigenvalue weighted by molar-refractivity contribution is 0.144. The third-order valence-electron chi connectivity index (χ3n) is 3.94. The van der Waals surface area contributed by atoms with Crippen molar-refractivity contribution in [3.8, 4) is 0 Å². The van der Waals surface area contributed by atoms with Crippen molar-refractivity contribution < 1.29 is 14.6 Å². The number of carbonyl (C=O) groups excluding carboxylic acids is 1. The van der Waals surface area contributed by atoms with Crippen molar-refractivity contribution in [2.45, 2.75) is 20.1 Å². The first-order valence-corrected chi connectivity index (χ1v) is 8.29. The van der Waals surface area contributed by atoms with Crippen LogP contribution in [0.15, 0.2) is 54.6 Å². The second kappa shape index (κ2) is 7.81. The molecule has 1 N–H and O–H groups in total. The largest absolute Gasteiger partial charge is 0.444 e. The molecular weight excluding hydrogens is 318 g/mol. The molecule has 0 unspecified atom stereocenters. The van der Waals surface area contributed by atoms with Gasteiger partial charge in [0.2, 0.25) is 5.95 Å². The number of aliphatic hydroxyl groups excluding tert-OH is 1. The van der Waals surface area contributed by atoms with Crippen LogP contribution in [0.5, 0.6) is 0 Å². The summed E-state index contributed by atoms with van der Waals surface area (Å²) in [6.45, 7) is 2.77. The van der Waals surface area contributed by atoms with Crippen LogP contribution in [0.4, 0.5) is 10.7 Å². The van der Waals surface area contributed by atoms with E-state index in [0.717, 1.165) is 16.6 Å². The lowest BCUT2D eigenvalue weighted by atomic mass is 10.2. The fraction of sp³-hybridized carbons (Fsp3) is 0.263. The number of hydrogen-bond acceptors (Lipinski definition) is 4. The zero-order valence-corrected chi connectivity index (χ0v) is 14.1. The summed E-state index contributed by atoms with van der Waals surface area (Å²) >= 11 is 0. The Morgan fingerprint density at radius 3 is 2.60 bits per heavy atom. The normalized spacial score (nSPS) is 10.8. The van der Waals surface area contributed by atoms with Gasteiger partial charge in [-0.3, -0.25) is 0 Å². The third kappa shape index (κ3) is 3.64. The predicted octanol–water partition coefficient (Wildman–Crippen LogP) is 3.19. The van der Waals surface area contributed by atoms with Crippen LogP contribution < -0.4 is 4.90 Å². The Morgan fingerprint density at radius 1 is 1.16 bits per heavy atom. The summed E-state index contributed by atoms with van der Waals surface area (Å²) in [5, 5.41) is 9.38. The Balaban J connectivity index is 1.86. The van der Waals surface area contributed by atoms with Gasteiger partial charge in [-0.15, -0.1) is 0 Å². The number of fused-ring (bicyclic) bond motifs is 1. The highest BCUT2D eigenvalue weighted by Crippen LogP contribution is 2.23. The van der Waals surface area contributed by atoms with Crippen LogP contribution in [0.2, 0.25) is 0 Å². The number of imidazole rings is 1. The van der Waals surface area contributed by atoms with Gasteiger partial charge in [0.1, 0.15) is 6.61 Å². The number of aromatic nitrogens is 2. The molecular formula is C19H21N3O3. The van der Waals surface area contributed by atoms with Gasteiger partial charge in [-0.2, -0.15) is 0 Å². The van der Waals surface area contributed by atoms with E-state index in [1.54, 1.807) is 0 Å². The third-order valence-corrected chi connectivity index (χ3v) is 3.94. The number of aliphatic hydroxyl groups is 1. The lowest BCUT2D eigenvalue weighted by Gasteiger charge is -2.21. The summed E-state index contributed by atoms with van der Waals surface area (Å²) in [6.07, 6.45) is -0.525. The van der Waals surface area contributed by atoms with Crippen molar-refractivity contribution >= 4 is 23.1 Å². The van der Waals surface area contributed by atoms with Crippen LogP contribution in [0.3, 0.4) is 0 Å². The zero-order valence-electron chi connectivity index (χ0n) is 14.1. The molecule has 0 atom stereocenters. The van der Waals surface area contributed by atoms with Gasteiger partial charge in [0.15, 0.2) is 0 Å². The monoisotopic (exact) mass is 339 g/mol. The van der Waals surface area contributed by atoms with Crippen molar-refractivity contribution in [3.63, 3.8) is 0 Å². The molecule has 25 heavy (non-hydrogen) atoms. The van der Waals surface area contributed by atoms with Gasteiger partial charge in [0.25, 0.3) is 0 Å². The summed E-state index contributed by atoms with van der Waals surface area (Å²) in [6, 6.07) is 17.2. The van der Waals surface area contributed by atoms with Crippen LogP contribution in [-0.4, -0.2) is 33.9 Å². The van der Waals surface area contributed by atoms with Gasteiger partial charge in [-0.05, 0) is 24.6 Å². The topological polar surface area (TPSA) is 67.6 Å². The van der Waals surface area contributed by atoms with Gasteiger partial charge >= 0.3 is 6.09 Å². The number of anilines is 1. The first kappa shape index (κ1) is 17.0. The summed E-state index contributed by atoms with van der Waals surface area (Å²) in [4.78, 5) is 18.5. The van der Waals surface area contributed by atoms with Crippen molar-refractivity contribution in [3.05, 3.63) is 60.2 Å². The standard InChI is InChI=1S/C19H21N3O3/c1-2-21-17-11-7-6-10-16(17)20-18(21)22(12-13-23)19(24)25-14-15-8-4-3-5-9-15/h3-11,23H,2,12-14H2,1H3. The van der Waals surface area contributed by atoms with E-state index >= 15 is 0 Å². The molecule has 0 aliphatic carbocycles. The highest BCUT2D eigenvalue weighted by molar-refractivity contribution is 5.89. The second-order valence-electron chi connectivity index (χ2n) is 5.56. The molecule has 0 aliphatic rings. The van der Waals surface area contributed by atoms with Crippen molar-refractivity contribution in [1.82, 2.24) is 9.55 Å². The maximum absolute atomic E-state index is 12.6. The van der Waals surface area contributed by atoms with E-state index in [-0.39, 0.29) is 19.8 Å². The van der Waals surface area contributed by atoms with Gasteiger partial charge in [-0.25, -0.2) is 14.7 Å². The van der Waals surface area contributed by atoms with Gasteiger partial charge in [-0.1, -0.05) is 42.5 Å². The number of rotatable bonds is 6. The Bertz CT molecular complexity index is 846. The number of nitrogens with zero attached hydrogens (tertiary/aromatic N) is 3. The Morgan fingerprint density at radius 2 is 1.88 bits per heavy atom. The Labute approximate surface area is 146 Å². The van der Waals surface area contributed by atoms with Crippen LogP contribution in [0.1, 0.15) is 12.5 Å². The smallest absolute Gasteiger partial charge is 0.417 e. The molecule has 0 saturated carbocycles. The number of ether oxygens (including phenoxy) is 1. The number of aryl methyl sites for hydroxylation is 1. The fourth-order valence-electron chi connectivity index (χ4n) is 2.75. The molecule has 2 aromatic carbocycles. The molecule has 6 heteroatoms. The number of carbonyl (C=O) groups is 1. The Hall–Kier alpha value is -2.86. The van der Waals surface area contributed by atoms with Crippen LogP contribution >= 0.6 is 0 Å². The van der Waals surface area contributed by atoms with Crippen molar-refractivity contribution in [2.75, 3.05) is 18.1 Å². The van der Waals surface area contributed by atoms with E-state index in [2.05, 4.69) is 4.98 Å². The molecule has 3 aromatic rings. The summed E-state index contributed by atoms with van der Waals surface area (Å²) in [5.41, 5.74) is 2.65. The molecule has 0 fully saturated rings. The first-order valence-electron chi connectivity index (χ1n) is 8.29. The van der Waals surface area contributed by atoms with Crippen LogP contribution in [0, 0.1) is 0 Å². The number of benzene rings is 2. The van der Waals surface area contributed by atoms with E-state index in [1.165, 1.54) is 4.90 Å². The minimum atomic E-state index is -0.525. The molecule has 0 spiro atoms. The van der Waals surface area contributed by atoms with Crippen LogP contribution in [-0.2, 0) is 17.9 Å². The van der Waals surface area contributed by atoms with Crippen molar-refractivity contribution in [2.24, 2.45) is 0 Å². The fourth-order valence-corrected chi connectivity index (χ4v) is 2.75. The minimum Gasteiger partial charge on any atom is -0.444 e. The molecule has 0 radical (unpaired) electrons. The second-order valence-corrected chi connectivity index (χ2v) is 5.56. The van der Waals surface area contributed by atoms with E-state index in [1.807, 2.05) is 66.1 Å². The molecule has 1 aromatic heterocycles. The molecule has 6 nitrogen and oxygen atoms in total. The average molecular weight is 339 g/mol. The Kier molecular flexibility index (Phi) is 5.30. The average Bonchev–Trinajstić information content (AvgIpc) is 3.03. The van der Waals surface area contributed by atoms with Crippen molar-refractivity contribution in [1.29, 1.82) is 0 Å². The number of hydrogen-bond donors (Lipinski definition) is 1. The molecule has 130 valence electrons. The summed E-state index contributed by atoms with van der Waals surface area (Å²) in [5.74, 6) is 0.482. The number of amides is 1. The van der Waals surface area contributed by atoms with E-state index in [0.29, 0.717) is 12.5 Å². The van der Waals surface area contributed by atoms with Gasteiger partial charge in [0.05, 0.1) is 24.2 Å². The summed E-state index contributed by atoms with van der Waals surface area (Å²) < 4.78 is 7.35. The first-order chi connectivity index (χ1) is 12.2. The predicted molar refractivity (Wildman–Crippen MR) is 96.5 cm³/mol. The minimum absolute atomic E-state index is 0.122.